The predicted molar refractivity (Wildman–Crippen MR) is 136 cm³/mol. The zero-order valence-electron chi connectivity index (χ0n) is 19.7. The average Bonchev–Trinajstić information content (AvgIpc) is 3.08. The van der Waals surface area contributed by atoms with E-state index in [9.17, 15) is 5.26 Å². The van der Waals surface area contributed by atoms with Crippen LogP contribution in [0.2, 0.25) is 0 Å². The standard InChI is InChI=1S/C27H32N6O/c1-19-14-32(26-7-4-20(13-29)11-21(26)3-2-8-28)17-27-25-6-5-24(12-22(25)15-33(19)27)31-9-10-34-18-23(30)16-31/h2-8,11-12,19,23,27-28H,9-10,14-18,30H2,1H3/b3-2-,28-8?/t19-,23-,27-/m1/s1. The van der Waals surface area contributed by atoms with E-state index < -0.39 is 0 Å². The molecule has 3 atom stereocenters. The fraction of sp³-hybridized carbons (Fsp3) is 0.407. The molecule has 2 saturated heterocycles. The minimum Gasteiger partial charge on any atom is -0.378 e. The molecule has 0 aliphatic carbocycles. The van der Waals surface area contributed by atoms with E-state index in [0.29, 0.717) is 30.9 Å². The Hall–Kier alpha value is -3.18. The van der Waals surface area contributed by atoms with Crippen LogP contribution in [0.15, 0.2) is 42.5 Å². The number of piperazine rings is 1. The molecule has 34 heavy (non-hydrogen) atoms. The maximum absolute atomic E-state index is 9.35. The molecule has 2 aromatic rings. The summed E-state index contributed by atoms with van der Waals surface area (Å²) in [5.74, 6) is 0. The van der Waals surface area contributed by atoms with Gasteiger partial charge in [-0.15, -0.1) is 0 Å². The van der Waals surface area contributed by atoms with Crippen molar-refractivity contribution in [2.45, 2.75) is 31.6 Å². The third kappa shape index (κ3) is 4.32. The molecular weight excluding hydrogens is 424 g/mol. The highest BCUT2D eigenvalue weighted by molar-refractivity contribution is 5.80. The maximum Gasteiger partial charge on any atom is 0.0991 e. The van der Waals surface area contributed by atoms with Gasteiger partial charge in [0, 0.05) is 62.4 Å². The Balaban J connectivity index is 1.42. The Kier molecular flexibility index (Phi) is 6.38. The van der Waals surface area contributed by atoms with Crippen LogP contribution in [0.3, 0.4) is 0 Å². The fourth-order valence-corrected chi connectivity index (χ4v) is 5.57. The lowest BCUT2D eigenvalue weighted by molar-refractivity contribution is 0.134. The second-order valence-corrected chi connectivity index (χ2v) is 9.52. The average molecular weight is 457 g/mol. The maximum atomic E-state index is 9.35. The number of anilines is 2. The van der Waals surface area contributed by atoms with Crippen molar-refractivity contribution in [3.8, 4) is 6.07 Å². The minimum absolute atomic E-state index is 0.0407. The number of ether oxygens (including phenoxy) is 1. The third-order valence-electron chi connectivity index (χ3n) is 7.21. The van der Waals surface area contributed by atoms with Gasteiger partial charge >= 0.3 is 0 Å². The van der Waals surface area contributed by atoms with Crippen LogP contribution in [0.4, 0.5) is 11.4 Å². The summed E-state index contributed by atoms with van der Waals surface area (Å²) in [5.41, 5.74) is 13.0. The van der Waals surface area contributed by atoms with Crippen molar-refractivity contribution in [1.82, 2.24) is 4.90 Å². The zero-order valence-corrected chi connectivity index (χ0v) is 19.7. The molecule has 0 bridgehead atoms. The lowest BCUT2D eigenvalue weighted by atomic mass is 9.99. The Morgan fingerprint density at radius 1 is 1.15 bits per heavy atom. The van der Waals surface area contributed by atoms with E-state index >= 15 is 0 Å². The molecule has 7 nitrogen and oxygen atoms in total. The van der Waals surface area contributed by atoms with E-state index in [1.54, 1.807) is 6.08 Å². The van der Waals surface area contributed by atoms with Crippen molar-refractivity contribution in [2.75, 3.05) is 49.2 Å². The summed E-state index contributed by atoms with van der Waals surface area (Å²) in [6.07, 6.45) is 4.91. The zero-order chi connectivity index (χ0) is 23.7. The van der Waals surface area contributed by atoms with Crippen LogP contribution in [0.25, 0.3) is 6.08 Å². The van der Waals surface area contributed by atoms with Gasteiger partial charge in [-0.25, -0.2) is 0 Å². The fourth-order valence-electron chi connectivity index (χ4n) is 5.57. The normalized spacial score (nSPS) is 25.0. The molecule has 3 aliphatic heterocycles. The summed E-state index contributed by atoms with van der Waals surface area (Å²) in [5, 5.41) is 16.7. The van der Waals surface area contributed by atoms with E-state index in [0.717, 1.165) is 44.0 Å². The van der Waals surface area contributed by atoms with E-state index in [1.807, 2.05) is 24.3 Å². The van der Waals surface area contributed by atoms with Crippen molar-refractivity contribution in [1.29, 1.82) is 10.7 Å². The first-order valence-electron chi connectivity index (χ1n) is 12.0. The minimum atomic E-state index is 0.0407. The number of nitrogens with zero attached hydrogens (tertiary/aromatic N) is 4. The van der Waals surface area contributed by atoms with Crippen molar-refractivity contribution in [3.05, 3.63) is 64.7 Å². The topological polar surface area (TPSA) is 92.6 Å². The van der Waals surface area contributed by atoms with Crippen LogP contribution in [0.5, 0.6) is 0 Å². The second kappa shape index (κ2) is 9.59. The van der Waals surface area contributed by atoms with Gasteiger partial charge in [0.25, 0.3) is 0 Å². The largest absolute Gasteiger partial charge is 0.378 e. The quantitative estimate of drug-likeness (QED) is 0.687. The number of fused-ring (bicyclic) bond motifs is 3. The first-order valence-corrected chi connectivity index (χ1v) is 12.0. The summed E-state index contributed by atoms with van der Waals surface area (Å²) in [6, 6.07) is 15.7. The van der Waals surface area contributed by atoms with Crippen LogP contribution < -0.4 is 15.5 Å². The number of allylic oxidation sites excluding steroid dienone is 1. The first kappa shape index (κ1) is 22.6. The van der Waals surface area contributed by atoms with Gasteiger partial charge in [0.05, 0.1) is 30.9 Å². The summed E-state index contributed by atoms with van der Waals surface area (Å²) < 4.78 is 5.63. The van der Waals surface area contributed by atoms with Gasteiger partial charge in [0.15, 0.2) is 0 Å². The van der Waals surface area contributed by atoms with Crippen LogP contribution >= 0.6 is 0 Å². The number of nitriles is 1. The molecule has 2 aromatic carbocycles. The number of nitrogens with two attached hydrogens (primary N) is 1. The summed E-state index contributed by atoms with van der Waals surface area (Å²) in [4.78, 5) is 7.40. The Bertz CT molecular complexity index is 1140. The van der Waals surface area contributed by atoms with Crippen molar-refractivity contribution >= 4 is 23.7 Å². The third-order valence-corrected chi connectivity index (χ3v) is 7.21. The molecule has 176 valence electrons. The van der Waals surface area contributed by atoms with Gasteiger partial charge in [-0.1, -0.05) is 12.1 Å². The molecule has 3 aliphatic rings. The Morgan fingerprint density at radius 2 is 2.03 bits per heavy atom. The van der Waals surface area contributed by atoms with Gasteiger partial charge in [0.2, 0.25) is 0 Å². The van der Waals surface area contributed by atoms with Gasteiger partial charge < -0.3 is 25.7 Å². The van der Waals surface area contributed by atoms with E-state index in [1.165, 1.54) is 23.0 Å². The summed E-state index contributed by atoms with van der Waals surface area (Å²) in [6.45, 7) is 8.11. The number of hydrogen-bond donors (Lipinski definition) is 2. The molecular formula is C27H32N6O. The molecule has 0 unspecified atom stereocenters. The molecule has 0 spiro atoms. The molecule has 5 rings (SSSR count). The van der Waals surface area contributed by atoms with Crippen LogP contribution in [-0.2, 0) is 11.3 Å². The number of hydrogen-bond acceptors (Lipinski definition) is 7. The molecule has 7 heteroatoms. The highest BCUT2D eigenvalue weighted by Crippen LogP contribution is 2.41. The lowest BCUT2D eigenvalue weighted by Gasteiger charge is -2.44. The van der Waals surface area contributed by atoms with Gasteiger partial charge in [-0.05, 0) is 60.0 Å². The number of rotatable bonds is 4. The van der Waals surface area contributed by atoms with E-state index in [-0.39, 0.29) is 6.04 Å². The Labute approximate surface area is 201 Å². The van der Waals surface area contributed by atoms with Crippen molar-refractivity contribution in [2.24, 2.45) is 5.73 Å². The highest BCUT2D eigenvalue weighted by atomic mass is 16.5. The smallest absolute Gasteiger partial charge is 0.0991 e. The van der Waals surface area contributed by atoms with Crippen LogP contribution in [0.1, 0.15) is 35.2 Å². The molecule has 0 saturated carbocycles. The number of nitrogens with one attached hydrogen (secondary N) is 1. The summed E-state index contributed by atoms with van der Waals surface area (Å²) in [7, 11) is 0. The molecule has 3 heterocycles. The van der Waals surface area contributed by atoms with Crippen LogP contribution in [0, 0.1) is 16.7 Å². The predicted octanol–water partition coefficient (Wildman–Crippen LogP) is 3.15. The van der Waals surface area contributed by atoms with Crippen molar-refractivity contribution in [3.63, 3.8) is 0 Å². The molecule has 0 amide bonds. The lowest BCUT2D eigenvalue weighted by Crippen LogP contribution is -2.51. The van der Waals surface area contributed by atoms with Gasteiger partial charge in [0.1, 0.15) is 0 Å². The number of benzene rings is 2. The molecule has 0 aromatic heterocycles. The molecule has 2 fully saturated rings. The van der Waals surface area contributed by atoms with Gasteiger partial charge in [-0.3, -0.25) is 4.90 Å². The molecule has 3 N–H and O–H groups in total. The van der Waals surface area contributed by atoms with Crippen molar-refractivity contribution < 1.29 is 4.74 Å². The monoisotopic (exact) mass is 456 g/mol. The van der Waals surface area contributed by atoms with Crippen LogP contribution in [-0.4, -0.2) is 62.6 Å². The van der Waals surface area contributed by atoms with E-state index in [4.69, 9.17) is 15.9 Å². The summed E-state index contributed by atoms with van der Waals surface area (Å²) >= 11 is 0. The highest BCUT2D eigenvalue weighted by Gasteiger charge is 2.39. The molecule has 0 radical (unpaired) electrons. The van der Waals surface area contributed by atoms with E-state index in [2.05, 4.69) is 45.9 Å². The van der Waals surface area contributed by atoms with Gasteiger partial charge in [-0.2, -0.15) is 5.26 Å². The Morgan fingerprint density at radius 3 is 2.85 bits per heavy atom. The SMILES string of the molecule is C[C@@H]1CN(c2ccc(C#N)cc2/C=C\C=N)C[C@@H]2c3ccc(N4CCOC[C@H](N)C4)cc3CN12. The first-order chi connectivity index (χ1) is 16.6. The second-order valence-electron chi connectivity index (χ2n) is 9.52.